The molecule has 0 bridgehead atoms. The molecule has 0 radical (unpaired) electrons. The van der Waals surface area contributed by atoms with Crippen LogP contribution >= 0.6 is 24.8 Å². The third-order valence-electron chi connectivity index (χ3n) is 2.30. The number of nitrogens with zero attached hydrogens (tertiary/aromatic N) is 1. The molecule has 0 aromatic carbocycles. The van der Waals surface area contributed by atoms with E-state index in [1.165, 1.54) is 0 Å². The molecular weight excluding hydrogens is 261 g/mol. The highest BCUT2D eigenvalue weighted by molar-refractivity contribution is 5.85. The summed E-state index contributed by atoms with van der Waals surface area (Å²) in [6, 6.07) is 0.0836. The molecule has 0 aromatic rings. The number of likely N-dealkylation sites (tertiary alicyclic amines) is 1. The van der Waals surface area contributed by atoms with Gasteiger partial charge in [-0.2, -0.15) is 8.78 Å². The Morgan fingerprint density at radius 3 is 2.56 bits per heavy atom. The van der Waals surface area contributed by atoms with Gasteiger partial charge in [0.05, 0.1) is 6.10 Å². The molecule has 0 aromatic heterocycles. The van der Waals surface area contributed by atoms with E-state index in [-0.39, 0.29) is 37.0 Å². The van der Waals surface area contributed by atoms with Crippen LogP contribution in [0.4, 0.5) is 8.78 Å². The zero-order valence-corrected chi connectivity index (χ0v) is 10.9. The van der Waals surface area contributed by atoms with Crippen molar-refractivity contribution in [2.45, 2.75) is 38.5 Å². The van der Waals surface area contributed by atoms with Crippen LogP contribution in [0.1, 0.15) is 19.8 Å². The number of halogens is 4. The van der Waals surface area contributed by atoms with E-state index >= 15 is 0 Å². The molecule has 2 atom stereocenters. The molecule has 1 rings (SSSR count). The van der Waals surface area contributed by atoms with Gasteiger partial charge in [0.1, 0.15) is 0 Å². The first kappa shape index (κ1) is 18.7. The molecule has 3 nitrogen and oxygen atoms in total. The summed E-state index contributed by atoms with van der Waals surface area (Å²) in [4.78, 5) is 2.08. The topological polar surface area (TPSA) is 38.5 Å². The molecule has 1 aliphatic rings. The summed E-state index contributed by atoms with van der Waals surface area (Å²) in [5.74, 6) is 0. The van der Waals surface area contributed by atoms with E-state index in [2.05, 4.69) is 9.64 Å². The van der Waals surface area contributed by atoms with Gasteiger partial charge in [-0.15, -0.1) is 24.8 Å². The maximum absolute atomic E-state index is 11.9. The van der Waals surface area contributed by atoms with Crippen molar-refractivity contribution in [3.05, 3.63) is 0 Å². The Hall–Kier alpha value is 0.320. The van der Waals surface area contributed by atoms with Crippen molar-refractivity contribution in [2.75, 3.05) is 19.6 Å². The van der Waals surface area contributed by atoms with Crippen LogP contribution in [0.15, 0.2) is 0 Å². The van der Waals surface area contributed by atoms with Crippen LogP contribution in [0.25, 0.3) is 0 Å². The third-order valence-corrected chi connectivity index (χ3v) is 2.30. The first-order valence-electron chi connectivity index (χ1n) is 4.99. The summed E-state index contributed by atoms with van der Waals surface area (Å²) in [5.41, 5.74) is 5.64. The molecule has 0 aliphatic carbocycles. The second kappa shape index (κ2) is 9.36. The highest BCUT2D eigenvalue weighted by atomic mass is 35.5. The lowest BCUT2D eigenvalue weighted by atomic mass is 10.1. The molecule has 7 heteroatoms. The van der Waals surface area contributed by atoms with E-state index in [1.807, 2.05) is 6.92 Å². The summed E-state index contributed by atoms with van der Waals surface area (Å²) in [5, 5.41) is 0. The lowest BCUT2D eigenvalue weighted by molar-refractivity contribution is -0.174. The summed E-state index contributed by atoms with van der Waals surface area (Å²) in [6.45, 7) is 1.52. The van der Waals surface area contributed by atoms with Crippen LogP contribution in [0.2, 0.25) is 0 Å². The third kappa shape index (κ3) is 7.57. The number of alkyl halides is 2. The summed E-state index contributed by atoms with van der Waals surface area (Å²) < 4.78 is 28.4. The smallest absolute Gasteiger partial charge is 0.327 e. The Kier molecular flexibility index (Phi) is 10.9. The second-order valence-corrected chi connectivity index (χ2v) is 3.90. The molecule has 0 saturated carbocycles. The number of rotatable bonds is 4. The van der Waals surface area contributed by atoms with Gasteiger partial charge in [0.2, 0.25) is 0 Å². The molecule has 100 valence electrons. The maximum atomic E-state index is 11.9. The van der Waals surface area contributed by atoms with Gasteiger partial charge in [0.15, 0.2) is 0 Å². The lowest BCUT2D eigenvalue weighted by Crippen LogP contribution is -2.44. The van der Waals surface area contributed by atoms with Crippen LogP contribution < -0.4 is 5.73 Å². The molecule has 1 unspecified atom stereocenters. The van der Waals surface area contributed by atoms with Crippen LogP contribution in [0.3, 0.4) is 0 Å². The minimum absolute atomic E-state index is 0. The molecule has 1 aliphatic heterocycles. The molecule has 2 N–H and O–H groups in total. The van der Waals surface area contributed by atoms with E-state index in [0.29, 0.717) is 6.54 Å². The summed E-state index contributed by atoms with van der Waals surface area (Å²) >= 11 is 0. The normalized spacial score (nSPS) is 23.4. The molecule has 1 fully saturated rings. The maximum Gasteiger partial charge on any atom is 0.345 e. The SMILES string of the molecule is C[C@@H](N)CN1CCCC(OC(F)F)C1.Cl.Cl. The van der Waals surface area contributed by atoms with Crippen molar-refractivity contribution >= 4 is 24.8 Å². The van der Waals surface area contributed by atoms with Gasteiger partial charge < -0.3 is 10.5 Å². The Morgan fingerprint density at radius 1 is 1.44 bits per heavy atom. The van der Waals surface area contributed by atoms with E-state index in [9.17, 15) is 8.78 Å². The second-order valence-electron chi connectivity index (χ2n) is 3.90. The van der Waals surface area contributed by atoms with Crippen molar-refractivity contribution < 1.29 is 13.5 Å². The Balaban J connectivity index is 0. The van der Waals surface area contributed by atoms with Gasteiger partial charge in [0.25, 0.3) is 0 Å². The fraction of sp³-hybridized carbons (Fsp3) is 1.00. The molecular formula is C9H20Cl2F2N2O. The minimum Gasteiger partial charge on any atom is -0.327 e. The summed E-state index contributed by atoms with van der Waals surface area (Å²) in [6.07, 6.45) is 1.30. The molecule has 0 amide bonds. The predicted octanol–water partition coefficient (Wildman–Crippen LogP) is 1.88. The van der Waals surface area contributed by atoms with Crippen LogP contribution in [-0.2, 0) is 4.74 Å². The van der Waals surface area contributed by atoms with Crippen molar-refractivity contribution in [3.63, 3.8) is 0 Å². The van der Waals surface area contributed by atoms with Crippen molar-refractivity contribution in [3.8, 4) is 0 Å². The van der Waals surface area contributed by atoms with Gasteiger partial charge in [0, 0.05) is 19.1 Å². The zero-order valence-electron chi connectivity index (χ0n) is 9.27. The zero-order chi connectivity index (χ0) is 10.6. The number of hydrogen-bond acceptors (Lipinski definition) is 3. The quantitative estimate of drug-likeness (QED) is 0.855. The van der Waals surface area contributed by atoms with Crippen molar-refractivity contribution in [1.29, 1.82) is 0 Å². The van der Waals surface area contributed by atoms with Crippen LogP contribution in [-0.4, -0.2) is 43.3 Å². The number of piperidine rings is 1. The number of nitrogens with two attached hydrogens (primary N) is 1. The Labute approximate surface area is 108 Å². The Morgan fingerprint density at radius 2 is 2.06 bits per heavy atom. The molecule has 16 heavy (non-hydrogen) atoms. The average Bonchev–Trinajstić information content (AvgIpc) is 2.01. The number of ether oxygens (including phenoxy) is 1. The number of hydrogen-bond donors (Lipinski definition) is 1. The first-order valence-corrected chi connectivity index (χ1v) is 4.99. The van der Waals surface area contributed by atoms with E-state index in [0.717, 1.165) is 25.9 Å². The average molecular weight is 281 g/mol. The van der Waals surface area contributed by atoms with E-state index < -0.39 is 6.61 Å². The van der Waals surface area contributed by atoms with Gasteiger partial charge in [-0.1, -0.05) is 0 Å². The van der Waals surface area contributed by atoms with Crippen LogP contribution in [0.5, 0.6) is 0 Å². The van der Waals surface area contributed by atoms with Gasteiger partial charge in [-0.25, -0.2) is 0 Å². The Bertz CT molecular complexity index is 160. The monoisotopic (exact) mass is 280 g/mol. The largest absolute Gasteiger partial charge is 0.345 e. The van der Waals surface area contributed by atoms with Gasteiger partial charge in [-0.05, 0) is 26.3 Å². The first-order chi connectivity index (χ1) is 6.58. The van der Waals surface area contributed by atoms with Crippen LogP contribution in [0, 0.1) is 0 Å². The van der Waals surface area contributed by atoms with Gasteiger partial charge >= 0.3 is 6.61 Å². The van der Waals surface area contributed by atoms with Crippen molar-refractivity contribution in [1.82, 2.24) is 4.90 Å². The molecule has 1 saturated heterocycles. The van der Waals surface area contributed by atoms with Crippen molar-refractivity contribution in [2.24, 2.45) is 5.73 Å². The lowest BCUT2D eigenvalue weighted by Gasteiger charge is -2.33. The highest BCUT2D eigenvalue weighted by Crippen LogP contribution is 2.15. The highest BCUT2D eigenvalue weighted by Gasteiger charge is 2.23. The molecule has 1 heterocycles. The van der Waals surface area contributed by atoms with E-state index in [4.69, 9.17) is 5.73 Å². The fourth-order valence-corrected chi connectivity index (χ4v) is 1.84. The van der Waals surface area contributed by atoms with E-state index in [1.54, 1.807) is 0 Å². The fourth-order valence-electron chi connectivity index (χ4n) is 1.84. The standard InChI is InChI=1S/C9H18F2N2O.2ClH/c1-7(12)5-13-4-2-3-8(6-13)14-9(10)11;;/h7-9H,2-6,12H2,1H3;2*1H/t7-,8?;;/m1../s1. The predicted molar refractivity (Wildman–Crippen MR) is 64.7 cm³/mol. The van der Waals surface area contributed by atoms with Gasteiger partial charge in [-0.3, -0.25) is 4.90 Å². The minimum atomic E-state index is -2.66. The summed E-state index contributed by atoms with van der Waals surface area (Å²) in [7, 11) is 0. The molecule has 0 spiro atoms.